The normalized spacial score (nSPS) is 18.8. The molecular formula is C17H21N3O3. The molecule has 0 bridgehead atoms. The lowest BCUT2D eigenvalue weighted by molar-refractivity contribution is 0.0689. The average Bonchev–Trinajstić information content (AvgIpc) is 2.90. The van der Waals surface area contributed by atoms with Crippen LogP contribution in [0.5, 0.6) is 5.75 Å². The Morgan fingerprint density at radius 1 is 1.30 bits per heavy atom. The number of aromatic nitrogens is 2. The van der Waals surface area contributed by atoms with Gasteiger partial charge in [-0.3, -0.25) is 4.68 Å². The minimum atomic E-state index is -1.02. The van der Waals surface area contributed by atoms with Crippen LogP contribution in [0.2, 0.25) is 0 Å². The van der Waals surface area contributed by atoms with E-state index in [4.69, 9.17) is 9.84 Å². The Bertz CT molecular complexity index is 694. The third-order valence-electron chi connectivity index (χ3n) is 4.13. The summed E-state index contributed by atoms with van der Waals surface area (Å²) in [5, 5.41) is 13.0. The Morgan fingerprint density at radius 3 is 2.65 bits per heavy atom. The highest BCUT2D eigenvalue weighted by molar-refractivity contribution is 5.87. The molecule has 2 aromatic rings. The second-order valence-corrected chi connectivity index (χ2v) is 6.01. The van der Waals surface area contributed by atoms with Gasteiger partial charge in [0, 0.05) is 19.2 Å². The van der Waals surface area contributed by atoms with Crippen molar-refractivity contribution in [2.75, 3.05) is 20.1 Å². The van der Waals surface area contributed by atoms with Gasteiger partial charge in [-0.2, -0.15) is 5.10 Å². The number of ether oxygens (including phenoxy) is 1. The molecule has 122 valence electrons. The van der Waals surface area contributed by atoms with Crippen molar-refractivity contribution in [1.82, 2.24) is 14.7 Å². The maximum absolute atomic E-state index is 11.0. The van der Waals surface area contributed by atoms with Crippen molar-refractivity contribution >= 4 is 5.97 Å². The number of carboxylic acid groups (broad SMARTS) is 1. The lowest BCUT2D eigenvalue weighted by Gasteiger charge is -2.30. The molecule has 1 saturated heterocycles. The number of benzene rings is 1. The molecule has 0 aliphatic carbocycles. The predicted octanol–water partition coefficient (Wildman–Crippen LogP) is 2.26. The lowest BCUT2D eigenvalue weighted by Crippen LogP contribution is -2.38. The highest BCUT2D eigenvalue weighted by Gasteiger charge is 2.18. The fourth-order valence-corrected chi connectivity index (χ4v) is 2.95. The second-order valence-electron chi connectivity index (χ2n) is 6.01. The first-order chi connectivity index (χ1) is 11.0. The van der Waals surface area contributed by atoms with E-state index >= 15 is 0 Å². The predicted molar refractivity (Wildman–Crippen MR) is 86.8 cm³/mol. The van der Waals surface area contributed by atoms with Gasteiger partial charge in [0.15, 0.2) is 5.69 Å². The van der Waals surface area contributed by atoms with E-state index < -0.39 is 5.97 Å². The van der Waals surface area contributed by atoms with Crippen molar-refractivity contribution in [3.63, 3.8) is 0 Å². The summed E-state index contributed by atoms with van der Waals surface area (Å²) in [7, 11) is 3.85. The van der Waals surface area contributed by atoms with Gasteiger partial charge in [-0.15, -0.1) is 0 Å². The molecule has 1 N–H and O–H groups in total. The summed E-state index contributed by atoms with van der Waals surface area (Å²) in [6.07, 6.45) is 2.47. The molecule has 1 fully saturated rings. The number of aromatic carboxylic acids is 1. The third-order valence-corrected chi connectivity index (χ3v) is 4.13. The highest BCUT2D eigenvalue weighted by atomic mass is 16.5. The molecule has 6 heteroatoms. The van der Waals surface area contributed by atoms with Crippen LogP contribution in [-0.2, 0) is 7.05 Å². The van der Waals surface area contributed by atoms with Crippen molar-refractivity contribution in [1.29, 1.82) is 0 Å². The zero-order valence-corrected chi connectivity index (χ0v) is 13.4. The highest BCUT2D eigenvalue weighted by Crippen LogP contribution is 2.24. The molecule has 1 atom stereocenters. The van der Waals surface area contributed by atoms with Gasteiger partial charge >= 0.3 is 5.97 Å². The molecule has 2 heterocycles. The molecule has 0 spiro atoms. The summed E-state index contributed by atoms with van der Waals surface area (Å²) >= 11 is 0. The summed E-state index contributed by atoms with van der Waals surface area (Å²) in [4.78, 5) is 13.3. The van der Waals surface area contributed by atoms with Crippen LogP contribution in [0.3, 0.4) is 0 Å². The Labute approximate surface area is 135 Å². The Morgan fingerprint density at radius 2 is 2.04 bits per heavy atom. The first-order valence-electron chi connectivity index (χ1n) is 7.76. The molecule has 1 aliphatic heterocycles. The molecule has 3 rings (SSSR count). The van der Waals surface area contributed by atoms with Crippen molar-refractivity contribution in [2.24, 2.45) is 7.05 Å². The number of likely N-dealkylation sites (tertiary alicyclic amines) is 1. The zero-order valence-electron chi connectivity index (χ0n) is 13.4. The van der Waals surface area contributed by atoms with E-state index in [1.165, 1.54) is 0 Å². The monoisotopic (exact) mass is 315 g/mol. The summed E-state index contributed by atoms with van der Waals surface area (Å²) in [5.41, 5.74) is 1.74. The van der Waals surface area contributed by atoms with E-state index in [1.54, 1.807) is 17.8 Å². The van der Waals surface area contributed by atoms with Crippen molar-refractivity contribution in [2.45, 2.75) is 18.9 Å². The zero-order chi connectivity index (χ0) is 16.4. The number of likely N-dealkylation sites (N-methyl/N-ethyl adjacent to an activating group) is 1. The number of rotatable bonds is 4. The third kappa shape index (κ3) is 3.53. The summed E-state index contributed by atoms with van der Waals surface area (Å²) in [6.45, 7) is 2.08. The summed E-state index contributed by atoms with van der Waals surface area (Å²) < 4.78 is 7.61. The number of carbonyl (C=O) groups is 1. The van der Waals surface area contributed by atoms with Gasteiger partial charge < -0.3 is 14.7 Å². The first-order valence-corrected chi connectivity index (χ1v) is 7.76. The molecule has 1 unspecified atom stereocenters. The van der Waals surface area contributed by atoms with Gasteiger partial charge in [0.25, 0.3) is 0 Å². The topological polar surface area (TPSA) is 67.6 Å². The van der Waals surface area contributed by atoms with Crippen LogP contribution < -0.4 is 4.74 Å². The van der Waals surface area contributed by atoms with Crippen molar-refractivity contribution < 1.29 is 14.6 Å². The first kappa shape index (κ1) is 15.6. The Hall–Kier alpha value is -2.34. The standard InChI is InChI=1S/C17H21N3O3/c1-19-9-3-4-14(11-19)23-13-7-5-12(6-8-13)16-10-15(17(21)22)18-20(16)2/h5-8,10,14H,3-4,9,11H2,1-2H3,(H,21,22). The number of carboxylic acids is 1. The quantitative estimate of drug-likeness (QED) is 0.937. The van der Waals surface area contributed by atoms with Crippen molar-refractivity contribution in [3.05, 3.63) is 36.0 Å². The fourth-order valence-electron chi connectivity index (χ4n) is 2.95. The van der Waals surface area contributed by atoms with Crippen LogP contribution in [0.4, 0.5) is 0 Å². The second kappa shape index (κ2) is 6.42. The summed E-state index contributed by atoms with van der Waals surface area (Å²) in [5.74, 6) is -0.178. The molecule has 1 aromatic heterocycles. The van der Waals surface area contributed by atoms with Crippen LogP contribution in [-0.4, -0.2) is 52.0 Å². The Balaban J connectivity index is 1.73. The van der Waals surface area contributed by atoms with Gasteiger partial charge in [-0.25, -0.2) is 4.79 Å². The van der Waals surface area contributed by atoms with E-state index in [2.05, 4.69) is 17.0 Å². The summed E-state index contributed by atoms with van der Waals surface area (Å²) in [6, 6.07) is 9.30. The van der Waals surface area contributed by atoms with Crippen molar-refractivity contribution in [3.8, 4) is 17.0 Å². The lowest BCUT2D eigenvalue weighted by atomic mass is 10.1. The molecule has 0 amide bonds. The number of hydrogen-bond acceptors (Lipinski definition) is 4. The smallest absolute Gasteiger partial charge is 0.356 e. The molecule has 1 aliphatic rings. The molecule has 6 nitrogen and oxygen atoms in total. The number of aryl methyl sites for hydroxylation is 1. The molecule has 0 saturated carbocycles. The molecule has 1 aromatic carbocycles. The number of nitrogens with zero attached hydrogens (tertiary/aromatic N) is 3. The maximum atomic E-state index is 11.0. The van der Waals surface area contributed by atoms with Crippen LogP contribution in [0.25, 0.3) is 11.3 Å². The Kier molecular flexibility index (Phi) is 4.34. The van der Waals surface area contributed by atoms with E-state index in [0.717, 1.165) is 42.9 Å². The van der Waals surface area contributed by atoms with Gasteiger partial charge in [0.2, 0.25) is 0 Å². The van der Waals surface area contributed by atoms with E-state index in [0.29, 0.717) is 0 Å². The van der Waals surface area contributed by atoms with Gasteiger partial charge in [-0.05, 0) is 56.8 Å². The van der Waals surface area contributed by atoms with E-state index in [-0.39, 0.29) is 11.8 Å². The van der Waals surface area contributed by atoms with Crippen LogP contribution in [0.1, 0.15) is 23.3 Å². The van der Waals surface area contributed by atoms with Crippen LogP contribution in [0.15, 0.2) is 30.3 Å². The number of hydrogen-bond donors (Lipinski definition) is 1. The minimum Gasteiger partial charge on any atom is -0.489 e. The molecule has 23 heavy (non-hydrogen) atoms. The molecule has 0 radical (unpaired) electrons. The van der Waals surface area contributed by atoms with Gasteiger partial charge in [-0.1, -0.05) is 0 Å². The maximum Gasteiger partial charge on any atom is 0.356 e. The average molecular weight is 315 g/mol. The van der Waals surface area contributed by atoms with E-state index in [1.807, 2.05) is 24.3 Å². The fraction of sp³-hybridized carbons (Fsp3) is 0.412. The van der Waals surface area contributed by atoms with Gasteiger partial charge in [0.05, 0.1) is 5.69 Å². The van der Waals surface area contributed by atoms with Crippen LogP contribution in [0, 0.1) is 0 Å². The molecular weight excluding hydrogens is 294 g/mol. The van der Waals surface area contributed by atoms with E-state index in [9.17, 15) is 4.79 Å². The number of piperidine rings is 1. The largest absolute Gasteiger partial charge is 0.489 e. The van der Waals surface area contributed by atoms with Crippen LogP contribution >= 0.6 is 0 Å². The SMILES string of the molecule is CN1CCCC(Oc2ccc(-c3cc(C(=O)O)nn3C)cc2)C1. The minimum absolute atomic E-state index is 0.0491. The van der Waals surface area contributed by atoms with Gasteiger partial charge in [0.1, 0.15) is 11.9 Å².